The molecule has 10 heteroatoms. The summed E-state index contributed by atoms with van der Waals surface area (Å²) in [6.07, 6.45) is 0. The Morgan fingerprint density at radius 3 is 2.35 bits per heavy atom. The van der Waals surface area contributed by atoms with Gasteiger partial charge in [-0.3, -0.25) is 4.79 Å². The van der Waals surface area contributed by atoms with E-state index >= 15 is 0 Å². The van der Waals surface area contributed by atoms with E-state index < -0.39 is 5.69 Å². The van der Waals surface area contributed by atoms with Gasteiger partial charge >= 0.3 is 5.69 Å². The van der Waals surface area contributed by atoms with E-state index in [-0.39, 0.29) is 18.3 Å². The number of hydrogen-bond acceptors (Lipinski definition) is 6. The molecule has 8 nitrogen and oxygen atoms in total. The first-order chi connectivity index (χ1) is 16.5. The quantitative estimate of drug-likeness (QED) is 0.439. The fourth-order valence-corrected chi connectivity index (χ4v) is 4.64. The fraction of sp³-hybridized carbons (Fsp3) is 0.250. The van der Waals surface area contributed by atoms with E-state index in [1.54, 1.807) is 23.1 Å². The smallest absolute Gasteiger partial charge is 0.367 e. The number of piperazine rings is 1. The first-order valence-corrected chi connectivity index (χ1v) is 11.8. The summed E-state index contributed by atoms with van der Waals surface area (Å²) in [4.78, 5) is 30.5. The zero-order chi connectivity index (χ0) is 23.7. The van der Waals surface area contributed by atoms with Crippen molar-refractivity contribution < 1.29 is 9.18 Å². The molecule has 1 aliphatic heterocycles. The van der Waals surface area contributed by atoms with Gasteiger partial charge in [0, 0.05) is 36.8 Å². The minimum Gasteiger partial charge on any atom is -0.368 e. The Hall–Kier alpha value is -3.66. The molecular weight excluding hydrogens is 455 g/mol. The molecule has 0 spiro atoms. The molecule has 1 aliphatic rings. The van der Waals surface area contributed by atoms with Crippen molar-refractivity contribution in [1.82, 2.24) is 24.3 Å². The zero-order valence-corrected chi connectivity index (χ0v) is 19.4. The summed E-state index contributed by atoms with van der Waals surface area (Å²) in [6.45, 7) is 4.21. The van der Waals surface area contributed by atoms with Crippen molar-refractivity contribution in [3.05, 3.63) is 82.5 Å². The van der Waals surface area contributed by atoms with Crippen LogP contribution in [0.15, 0.2) is 75.4 Å². The van der Waals surface area contributed by atoms with Crippen LogP contribution >= 0.6 is 11.8 Å². The number of carbonyl (C=O) groups excluding carboxylic acids is 1. The molecule has 4 aromatic rings. The molecule has 2 aromatic carbocycles. The maximum Gasteiger partial charge on any atom is 0.367 e. The summed E-state index contributed by atoms with van der Waals surface area (Å²) in [5.74, 6) is -0.440. The van der Waals surface area contributed by atoms with E-state index in [9.17, 15) is 14.0 Å². The molecule has 5 rings (SSSR count). The second-order valence-electron chi connectivity index (χ2n) is 8.14. The average Bonchev–Trinajstić information content (AvgIpc) is 3.16. The molecule has 0 aliphatic carbocycles. The van der Waals surface area contributed by atoms with Crippen molar-refractivity contribution in [3.63, 3.8) is 0 Å². The van der Waals surface area contributed by atoms with Gasteiger partial charge in [-0.05, 0) is 55.5 Å². The highest BCUT2D eigenvalue weighted by molar-refractivity contribution is 7.99. The summed E-state index contributed by atoms with van der Waals surface area (Å²) in [7, 11) is 0. The van der Waals surface area contributed by atoms with Gasteiger partial charge in [-0.25, -0.2) is 13.9 Å². The van der Waals surface area contributed by atoms with E-state index in [0.717, 1.165) is 15.3 Å². The molecule has 0 atom stereocenters. The van der Waals surface area contributed by atoms with E-state index in [1.165, 1.54) is 34.0 Å². The monoisotopic (exact) mass is 478 g/mol. The van der Waals surface area contributed by atoms with Crippen molar-refractivity contribution in [2.45, 2.75) is 23.4 Å². The predicted molar refractivity (Wildman–Crippen MR) is 128 cm³/mol. The van der Waals surface area contributed by atoms with Crippen LogP contribution in [0.4, 0.5) is 10.1 Å². The molecule has 0 saturated carbocycles. The third kappa shape index (κ3) is 4.67. The van der Waals surface area contributed by atoms with Crippen LogP contribution < -0.4 is 10.6 Å². The molecule has 2 aromatic heterocycles. The van der Waals surface area contributed by atoms with Crippen LogP contribution in [0.1, 0.15) is 5.56 Å². The summed E-state index contributed by atoms with van der Waals surface area (Å²) in [5.41, 5.74) is 2.05. The number of nitrogens with zero attached hydrogens (tertiary/aromatic N) is 6. The Morgan fingerprint density at radius 2 is 1.65 bits per heavy atom. The van der Waals surface area contributed by atoms with Gasteiger partial charge in [0.1, 0.15) is 17.4 Å². The van der Waals surface area contributed by atoms with Crippen molar-refractivity contribution in [2.24, 2.45) is 0 Å². The maximum atomic E-state index is 13.2. The van der Waals surface area contributed by atoms with Crippen LogP contribution in [0.5, 0.6) is 0 Å². The average molecular weight is 479 g/mol. The van der Waals surface area contributed by atoms with Crippen molar-refractivity contribution in [3.8, 4) is 0 Å². The normalized spacial score (nSPS) is 14.1. The van der Waals surface area contributed by atoms with Crippen molar-refractivity contribution in [2.75, 3.05) is 31.1 Å². The van der Waals surface area contributed by atoms with Gasteiger partial charge in [-0.1, -0.05) is 29.5 Å². The van der Waals surface area contributed by atoms with Crippen LogP contribution in [-0.4, -0.2) is 56.4 Å². The number of halogens is 1. The van der Waals surface area contributed by atoms with E-state index in [0.29, 0.717) is 36.9 Å². The number of benzene rings is 2. The number of carbonyl (C=O) groups is 1. The molecule has 0 N–H and O–H groups in total. The molecule has 34 heavy (non-hydrogen) atoms. The number of aryl methyl sites for hydroxylation is 1. The first-order valence-electron chi connectivity index (χ1n) is 11.0. The Bertz CT molecular complexity index is 1380. The van der Waals surface area contributed by atoms with E-state index in [1.807, 2.05) is 37.3 Å². The highest BCUT2D eigenvalue weighted by atomic mass is 32.2. The lowest BCUT2D eigenvalue weighted by atomic mass is 10.2. The van der Waals surface area contributed by atoms with Crippen molar-refractivity contribution >= 4 is 29.0 Å². The van der Waals surface area contributed by atoms with Crippen molar-refractivity contribution in [1.29, 1.82) is 0 Å². The van der Waals surface area contributed by atoms with Crippen LogP contribution in [0.3, 0.4) is 0 Å². The minimum absolute atomic E-state index is 0.140. The second-order valence-corrected chi connectivity index (χ2v) is 9.23. The number of rotatable bonds is 5. The first kappa shape index (κ1) is 22.1. The van der Waals surface area contributed by atoms with E-state index in [2.05, 4.69) is 15.1 Å². The van der Waals surface area contributed by atoms with Gasteiger partial charge in [0.25, 0.3) is 0 Å². The molecule has 1 saturated heterocycles. The van der Waals surface area contributed by atoms with Gasteiger partial charge in [0.2, 0.25) is 5.91 Å². The Labute approximate surface area is 199 Å². The third-order valence-corrected chi connectivity index (χ3v) is 6.70. The predicted octanol–water partition coefficient (Wildman–Crippen LogP) is 2.84. The number of amides is 1. The van der Waals surface area contributed by atoms with Gasteiger partial charge in [-0.15, -0.1) is 5.10 Å². The SMILES string of the molecule is Cc1ccc(Sc2ccc3nn(CC(=O)N4CCN(c5ccc(F)cc5)CC4)c(=O)n3n2)cc1. The second kappa shape index (κ2) is 9.30. The lowest BCUT2D eigenvalue weighted by Gasteiger charge is -2.36. The number of aromatic nitrogens is 4. The molecule has 0 unspecified atom stereocenters. The van der Waals surface area contributed by atoms with Gasteiger partial charge in [-0.2, -0.15) is 9.61 Å². The van der Waals surface area contributed by atoms with Gasteiger partial charge in [0.15, 0.2) is 5.65 Å². The minimum atomic E-state index is -0.445. The Balaban J connectivity index is 1.25. The number of anilines is 1. The molecule has 174 valence electrons. The summed E-state index contributed by atoms with van der Waals surface area (Å²) in [6, 6.07) is 17.9. The largest absolute Gasteiger partial charge is 0.368 e. The van der Waals surface area contributed by atoms with Crippen LogP contribution in [-0.2, 0) is 11.3 Å². The summed E-state index contributed by atoms with van der Waals surface area (Å²) < 4.78 is 15.6. The van der Waals surface area contributed by atoms with Crippen LogP contribution in [0, 0.1) is 12.7 Å². The lowest BCUT2D eigenvalue weighted by molar-refractivity contribution is -0.132. The van der Waals surface area contributed by atoms with Gasteiger partial charge < -0.3 is 9.80 Å². The number of hydrogen-bond donors (Lipinski definition) is 0. The Kier molecular flexibility index (Phi) is 6.06. The van der Waals surface area contributed by atoms with Crippen LogP contribution in [0.25, 0.3) is 5.65 Å². The highest BCUT2D eigenvalue weighted by Crippen LogP contribution is 2.25. The topological polar surface area (TPSA) is 75.7 Å². The lowest BCUT2D eigenvalue weighted by Crippen LogP contribution is -2.50. The standard InChI is InChI=1S/C24H23FN6O2S/c1-17-2-8-20(9-3-17)34-22-11-10-21-26-30(24(33)31(21)27-22)16-23(32)29-14-12-28(13-15-29)19-6-4-18(25)5-7-19/h2-11H,12-16H2,1H3. The maximum absolute atomic E-state index is 13.2. The fourth-order valence-electron chi connectivity index (χ4n) is 3.87. The Morgan fingerprint density at radius 1 is 0.941 bits per heavy atom. The summed E-state index contributed by atoms with van der Waals surface area (Å²) in [5, 5.41) is 9.36. The molecule has 1 amide bonds. The van der Waals surface area contributed by atoms with Gasteiger partial charge in [0.05, 0.1) is 0 Å². The molecule has 0 radical (unpaired) electrons. The number of fused-ring (bicyclic) bond motifs is 1. The molecule has 3 heterocycles. The molecule has 1 fully saturated rings. The molecule has 0 bridgehead atoms. The zero-order valence-electron chi connectivity index (χ0n) is 18.6. The molecular formula is C24H23FN6O2S. The van der Waals surface area contributed by atoms with E-state index in [4.69, 9.17) is 0 Å². The summed E-state index contributed by atoms with van der Waals surface area (Å²) >= 11 is 1.46. The highest BCUT2D eigenvalue weighted by Gasteiger charge is 2.23. The van der Waals surface area contributed by atoms with Crippen LogP contribution in [0.2, 0.25) is 0 Å². The third-order valence-electron chi connectivity index (χ3n) is 5.77.